The van der Waals surface area contributed by atoms with Gasteiger partial charge >= 0.3 is 0 Å². The lowest BCUT2D eigenvalue weighted by molar-refractivity contribution is 0.102. The molecule has 1 aliphatic rings. The summed E-state index contributed by atoms with van der Waals surface area (Å²) in [6.45, 7) is 6.42. The Bertz CT molecular complexity index is 1020. The van der Waals surface area contributed by atoms with E-state index in [0.717, 1.165) is 42.9 Å². The van der Waals surface area contributed by atoms with Crippen LogP contribution in [0.2, 0.25) is 0 Å². The minimum Gasteiger partial charge on any atom is -0.492 e. The van der Waals surface area contributed by atoms with Crippen molar-refractivity contribution in [1.82, 2.24) is 15.1 Å². The monoisotopic (exact) mass is 404 g/mol. The molecule has 1 saturated heterocycles. The van der Waals surface area contributed by atoms with E-state index in [4.69, 9.17) is 4.74 Å². The highest BCUT2D eigenvalue weighted by Crippen LogP contribution is 2.32. The molecule has 2 N–H and O–H groups in total. The van der Waals surface area contributed by atoms with Crippen LogP contribution in [-0.2, 0) is 0 Å². The van der Waals surface area contributed by atoms with Gasteiger partial charge in [0.05, 0.1) is 35.4 Å². The number of aromatic nitrogens is 2. The lowest BCUT2D eigenvalue weighted by Gasteiger charge is -2.25. The topological polar surface area (TPSA) is 68.2 Å². The molecular weight excluding hydrogens is 376 g/mol. The zero-order chi connectivity index (χ0) is 20.9. The maximum atomic E-state index is 13.3. The summed E-state index contributed by atoms with van der Waals surface area (Å²) in [6.07, 6.45) is 3.65. The van der Waals surface area contributed by atoms with Gasteiger partial charge in [-0.25, -0.2) is 4.68 Å². The van der Waals surface area contributed by atoms with E-state index in [0.29, 0.717) is 23.6 Å². The number of carbonyl (C=O) groups excluding carboxylic acids is 1. The summed E-state index contributed by atoms with van der Waals surface area (Å²) < 4.78 is 7.60. The lowest BCUT2D eigenvalue weighted by atomic mass is 9.91. The molecule has 3 aromatic rings. The van der Waals surface area contributed by atoms with E-state index in [1.807, 2.05) is 48.0 Å². The van der Waals surface area contributed by atoms with Crippen LogP contribution in [0.5, 0.6) is 5.75 Å². The summed E-state index contributed by atoms with van der Waals surface area (Å²) in [7, 11) is 0. The first kappa shape index (κ1) is 20.2. The third kappa shape index (κ3) is 4.24. The van der Waals surface area contributed by atoms with E-state index in [-0.39, 0.29) is 11.8 Å². The third-order valence-corrected chi connectivity index (χ3v) is 5.46. The Kier molecular flexibility index (Phi) is 6.14. The van der Waals surface area contributed by atoms with Crippen molar-refractivity contribution in [2.45, 2.75) is 32.6 Å². The lowest BCUT2D eigenvalue weighted by Crippen LogP contribution is -2.29. The molecule has 0 bridgehead atoms. The highest BCUT2D eigenvalue weighted by Gasteiger charge is 2.27. The van der Waals surface area contributed by atoms with Gasteiger partial charge in [-0.3, -0.25) is 4.79 Å². The van der Waals surface area contributed by atoms with Crippen molar-refractivity contribution in [3.05, 3.63) is 71.5 Å². The number of benzene rings is 2. The van der Waals surface area contributed by atoms with E-state index in [1.165, 1.54) is 0 Å². The molecule has 1 fully saturated rings. The Morgan fingerprint density at radius 1 is 1.20 bits per heavy atom. The number of hydrogen-bond acceptors (Lipinski definition) is 4. The van der Waals surface area contributed by atoms with Crippen molar-refractivity contribution in [2.75, 3.05) is 25.0 Å². The second kappa shape index (κ2) is 9.13. The Morgan fingerprint density at radius 3 is 2.77 bits per heavy atom. The van der Waals surface area contributed by atoms with Gasteiger partial charge in [0, 0.05) is 5.92 Å². The van der Waals surface area contributed by atoms with Crippen LogP contribution >= 0.6 is 0 Å². The molecule has 1 aliphatic heterocycles. The quantitative estimate of drug-likeness (QED) is 0.643. The maximum Gasteiger partial charge on any atom is 0.259 e. The van der Waals surface area contributed by atoms with Crippen LogP contribution in [0.4, 0.5) is 5.69 Å². The average molecular weight is 405 g/mol. The first-order chi connectivity index (χ1) is 14.7. The van der Waals surface area contributed by atoms with Crippen LogP contribution in [-0.4, -0.2) is 35.4 Å². The molecule has 4 rings (SSSR count). The Morgan fingerprint density at radius 2 is 2.00 bits per heavy atom. The molecule has 0 unspecified atom stereocenters. The maximum absolute atomic E-state index is 13.3. The van der Waals surface area contributed by atoms with Gasteiger partial charge < -0.3 is 15.4 Å². The van der Waals surface area contributed by atoms with Crippen molar-refractivity contribution in [3.8, 4) is 11.4 Å². The van der Waals surface area contributed by atoms with Crippen LogP contribution in [0.3, 0.4) is 0 Å². The van der Waals surface area contributed by atoms with Gasteiger partial charge in [0.1, 0.15) is 5.75 Å². The number of piperidine rings is 1. The highest BCUT2D eigenvalue weighted by molar-refractivity contribution is 6.05. The molecule has 0 saturated carbocycles. The number of rotatable bonds is 6. The summed E-state index contributed by atoms with van der Waals surface area (Å²) >= 11 is 0. The smallest absolute Gasteiger partial charge is 0.259 e. The van der Waals surface area contributed by atoms with Crippen LogP contribution in [0.1, 0.15) is 47.3 Å². The predicted molar refractivity (Wildman–Crippen MR) is 119 cm³/mol. The van der Waals surface area contributed by atoms with Crippen LogP contribution in [0, 0.1) is 6.92 Å². The van der Waals surface area contributed by atoms with Crippen LogP contribution in [0.15, 0.2) is 54.7 Å². The number of anilines is 1. The molecule has 156 valence electrons. The molecule has 1 amide bonds. The van der Waals surface area contributed by atoms with E-state index in [1.54, 1.807) is 6.20 Å². The van der Waals surface area contributed by atoms with E-state index in [2.05, 4.69) is 34.8 Å². The molecule has 6 nitrogen and oxygen atoms in total. The number of carbonyl (C=O) groups is 1. The van der Waals surface area contributed by atoms with Gasteiger partial charge in [-0.1, -0.05) is 24.3 Å². The molecule has 1 aromatic heterocycles. The van der Waals surface area contributed by atoms with Crippen molar-refractivity contribution in [3.63, 3.8) is 0 Å². The number of para-hydroxylation sites is 2. The third-order valence-electron chi connectivity index (χ3n) is 5.46. The Labute approximate surface area is 177 Å². The molecule has 0 spiro atoms. The molecule has 0 atom stereocenters. The number of hydrogen-bond donors (Lipinski definition) is 2. The largest absolute Gasteiger partial charge is 0.492 e. The fourth-order valence-corrected chi connectivity index (χ4v) is 4.03. The fourth-order valence-electron chi connectivity index (χ4n) is 4.03. The highest BCUT2D eigenvalue weighted by atomic mass is 16.5. The minimum atomic E-state index is -0.158. The SMILES string of the molecule is CCOc1ccccc1NC(=O)c1cnn(-c2cccc(C)c2)c1C1CCNCC1. The molecular formula is C24H28N4O2. The van der Waals surface area contributed by atoms with Gasteiger partial charge in [0.15, 0.2) is 0 Å². The van der Waals surface area contributed by atoms with Gasteiger partial charge in [-0.2, -0.15) is 5.10 Å². The summed E-state index contributed by atoms with van der Waals surface area (Å²) in [5, 5.41) is 11.1. The fraction of sp³-hybridized carbons (Fsp3) is 0.333. The summed E-state index contributed by atoms with van der Waals surface area (Å²) in [5.41, 5.74) is 4.42. The normalized spacial score (nSPS) is 14.5. The Hall–Kier alpha value is -3.12. The molecule has 6 heteroatoms. The number of aryl methyl sites for hydroxylation is 1. The zero-order valence-corrected chi connectivity index (χ0v) is 17.5. The first-order valence-electron chi connectivity index (χ1n) is 10.6. The summed E-state index contributed by atoms with van der Waals surface area (Å²) in [6, 6.07) is 15.7. The van der Waals surface area contributed by atoms with E-state index < -0.39 is 0 Å². The van der Waals surface area contributed by atoms with Crippen molar-refractivity contribution >= 4 is 11.6 Å². The molecule has 2 aromatic carbocycles. The summed E-state index contributed by atoms with van der Waals surface area (Å²) in [4.78, 5) is 13.3. The van der Waals surface area contributed by atoms with Gasteiger partial charge in [0.25, 0.3) is 5.91 Å². The summed E-state index contributed by atoms with van der Waals surface area (Å²) in [5.74, 6) is 0.787. The molecule has 2 heterocycles. The number of amides is 1. The molecule has 30 heavy (non-hydrogen) atoms. The van der Waals surface area contributed by atoms with Crippen molar-refractivity contribution in [2.24, 2.45) is 0 Å². The molecule has 0 aliphatic carbocycles. The van der Waals surface area contributed by atoms with Crippen molar-refractivity contribution in [1.29, 1.82) is 0 Å². The van der Waals surface area contributed by atoms with E-state index >= 15 is 0 Å². The Balaban J connectivity index is 1.71. The second-order valence-electron chi connectivity index (χ2n) is 7.60. The number of nitrogens with zero attached hydrogens (tertiary/aromatic N) is 2. The number of nitrogens with one attached hydrogen (secondary N) is 2. The zero-order valence-electron chi connectivity index (χ0n) is 17.5. The average Bonchev–Trinajstić information content (AvgIpc) is 3.21. The minimum absolute atomic E-state index is 0.158. The van der Waals surface area contributed by atoms with Crippen molar-refractivity contribution < 1.29 is 9.53 Å². The van der Waals surface area contributed by atoms with Crippen LogP contribution < -0.4 is 15.4 Å². The standard InChI is InChI=1S/C24H28N4O2/c1-3-30-22-10-5-4-9-21(22)27-24(29)20-16-26-28(19-8-6-7-17(2)15-19)23(20)18-11-13-25-14-12-18/h4-10,15-16,18,25H,3,11-14H2,1-2H3,(H,27,29). The van der Waals surface area contributed by atoms with Gasteiger partial charge in [-0.05, 0) is 69.6 Å². The van der Waals surface area contributed by atoms with Gasteiger partial charge in [-0.15, -0.1) is 0 Å². The van der Waals surface area contributed by atoms with Crippen LogP contribution in [0.25, 0.3) is 5.69 Å². The van der Waals surface area contributed by atoms with Gasteiger partial charge in [0.2, 0.25) is 0 Å². The second-order valence-corrected chi connectivity index (χ2v) is 7.60. The predicted octanol–water partition coefficient (Wildman–Crippen LogP) is 4.30. The number of ether oxygens (including phenoxy) is 1. The van der Waals surface area contributed by atoms with E-state index in [9.17, 15) is 4.79 Å². The first-order valence-corrected chi connectivity index (χ1v) is 10.6. The molecule has 0 radical (unpaired) electrons.